The summed E-state index contributed by atoms with van der Waals surface area (Å²) in [4.78, 5) is 47.9. The molecule has 0 aliphatic heterocycles. The average Bonchev–Trinajstić information content (AvgIpc) is 3.54. The molecule has 9 nitrogen and oxygen atoms in total. The minimum absolute atomic E-state index is 0.0717. The molecule has 1 aliphatic rings. The van der Waals surface area contributed by atoms with E-state index in [0.29, 0.717) is 11.6 Å². The Kier molecular flexibility index (Phi) is 6.96. The number of ether oxygens (including phenoxy) is 1. The second-order valence-electron chi connectivity index (χ2n) is 7.77. The predicted octanol–water partition coefficient (Wildman–Crippen LogP) is 4.82. The number of rotatable bonds is 7. The van der Waals surface area contributed by atoms with Crippen LogP contribution in [0.2, 0.25) is 0 Å². The maximum absolute atomic E-state index is 13.3. The fourth-order valence-corrected chi connectivity index (χ4v) is 4.07. The van der Waals surface area contributed by atoms with Crippen molar-refractivity contribution in [2.45, 2.75) is 45.9 Å². The van der Waals surface area contributed by atoms with E-state index in [-0.39, 0.29) is 22.4 Å². The van der Waals surface area contributed by atoms with E-state index in [1.165, 1.54) is 18.3 Å². The topological polar surface area (TPSA) is 128 Å². The summed E-state index contributed by atoms with van der Waals surface area (Å²) in [5.41, 5.74) is -2.31. The number of thiophene rings is 1. The fourth-order valence-electron chi connectivity index (χ4n) is 3.02. The van der Waals surface area contributed by atoms with Crippen LogP contribution < -0.4 is 10.6 Å². The monoisotopic (exact) mass is 499 g/mol. The third-order valence-electron chi connectivity index (χ3n) is 5.20. The molecule has 1 heterocycles. The molecule has 2 aromatic rings. The van der Waals surface area contributed by atoms with E-state index in [1.54, 1.807) is 13.8 Å². The molecule has 1 aromatic carbocycles. The molecule has 1 unspecified atom stereocenters. The number of carbonyl (C=O) groups is 3. The molecular formula is C21H20F3N3O6S. The first-order chi connectivity index (χ1) is 15.8. The molecule has 1 aromatic heterocycles. The Morgan fingerprint density at radius 2 is 1.85 bits per heavy atom. The number of hydrogen-bond donors (Lipinski definition) is 2. The zero-order chi connectivity index (χ0) is 25.4. The number of benzene rings is 1. The van der Waals surface area contributed by atoms with Crippen LogP contribution in [0.3, 0.4) is 0 Å². The first-order valence-electron chi connectivity index (χ1n) is 10.1. The quantitative estimate of drug-likeness (QED) is 0.319. The maximum Gasteiger partial charge on any atom is 0.418 e. The summed E-state index contributed by atoms with van der Waals surface area (Å²) in [6.07, 6.45) is -4.96. The number of nitrogens with zero attached hydrogens (tertiary/aromatic N) is 1. The van der Waals surface area contributed by atoms with Crippen LogP contribution in [0.4, 0.5) is 29.5 Å². The van der Waals surface area contributed by atoms with Crippen LogP contribution in [-0.2, 0) is 20.5 Å². The van der Waals surface area contributed by atoms with Crippen molar-refractivity contribution in [2.75, 3.05) is 10.6 Å². The first kappa shape index (κ1) is 25.1. The van der Waals surface area contributed by atoms with Crippen molar-refractivity contribution in [3.63, 3.8) is 0 Å². The lowest BCUT2D eigenvalue weighted by atomic mass is 10.1. The van der Waals surface area contributed by atoms with E-state index in [1.807, 2.05) is 5.32 Å². The first-order valence-corrected chi connectivity index (χ1v) is 10.9. The van der Waals surface area contributed by atoms with Gasteiger partial charge in [0, 0.05) is 22.9 Å². The number of halogens is 3. The molecular weight excluding hydrogens is 479 g/mol. The third kappa shape index (κ3) is 5.53. The van der Waals surface area contributed by atoms with Crippen molar-refractivity contribution < 1.29 is 37.2 Å². The summed E-state index contributed by atoms with van der Waals surface area (Å²) in [7, 11) is 0. The average molecular weight is 499 g/mol. The van der Waals surface area contributed by atoms with Crippen molar-refractivity contribution in [3.05, 3.63) is 49.9 Å². The van der Waals surface area contributed by atoms with Gasteiger partial charge in [-0.25, -0.2) is 4.79 Å². The Bertz CT molecular complexity index is 1170. The van der Waals surface area contributed by atoms with Gasteiger partial charge in [0.2, 0.25) is 5.91 Å². The molecule has 0 bridgehead atoms. The molecule has 13 heteroatoms. The zero-order valence-corrected chi connectivity index (χ0v) is 19.1. The molecule has 2 amide bonds. The highest BCUT2D eigenvalue weighted by Gasteiger charge is 2.36. The minimum Gasteiger partial charge on any atom is -0.449 e. The van der Waals surface area contributed by atoms with Crippen molar-refractivity contribution in [2.24, 2.45) is 5.92 Å². The molecule has 182 valence electrons. The highest BCUT2D eigenvalue weighted by atomic mass is 32.1. The zero-order valence-electron chi connectivity index (χ0n) is 18.2. The summed E-state index contributed by atoms with van der Waals surface area (Å²) < 4.78 is 45.2. The standard InChI is InChI=1S/C21H20F3N3O6S/c1-9-11(3)34-19(26-18(29)12-4-5-12)16(9)20(30)33-10(2)17(28)25-15-7-6-13(27(31)32)8-14(15)21(22,23)24/h6-8,10,12H,4-5H2,1-3H3,(H,25,28)(H,26,29). The number of anilines is 2. The number of nitrogens with one attached hydrogen (secondary N) is 2. The van der Waals surface area contributed by atoms with Crippen molar-refractivity contribution in [3.8, 4) is 0 Å². The molecule has 1 saturated carbocycles. The van der Waals surface area contributed by atoms with E-state index in [2.05, 4.69) is 5.32 Å². The van der Waals surface area contributed by atoms with Crippen LogP contribution >= 0.6 is 11.3 Å². The van der Waals surface area contributed by atoms with Crippen LogP contribution in [0.15, 0.2) is 18.2 Å². The van der Waals surface area contributed by atoms with Gasteiger partial charge < -0.3 is 15.4 Å². The summed E-state index contributed by atoms with van der Waals surface area (Å²) in [5.74, 6) is -2.32. The lowest BCUT2D eigenvalue weighted by molar-refractivity contribution is -0.385. The van der Waals surface area contributed by atoms with Crippen LogP contribution in [0, 0.1) is 29.9 Å². The van der Waals surface area contributed by atoms with E-state index < -0.39 is 46.0 Å². The third-order valence-corrected chi connectivity index (χ3v) is 6.33. The minimum atomic E-state index is -4.98. The number of non-ortho nitro benzene ring substituents is 1. The van der Waals surface area contributed by atoms with E-state index in [4.69, 9.17) is 4.74 Å². The molecule has 0 saturated heterocycles. The summed E-state index contributed by atoms with van der Waals surface area (Å²) in [6, 6.07) is 1.87. The van der Waals surface area contributed by atoms with Gasteiger partial charge in [0.25, 0.3) is 11.6 Å². The Morgan fingerprint density at radius 3 is 2.41 bits per heavy atom. The Balaban J connectivity index is 1.76. The molecule has 34 heavy (non-hydrogen) atoms. The van der Waals surface area contributed by atoms with Crippen LogP contribution in [0.1, 0.15) is 46.1 Å². The largest absolute Gasteiger partial charge is 0.449 e. The molecule has 0 radical (unpaired) electrons. The number of hydrogen-bond acceptors (Lipinski definition) is 7. The lowest BCUT2D eigenvalue weighted by Gasteiger charge is -2.17. The van der Waals surface area contributed by atoms with Gasteiger partial charge in [-0.2, -0.15) is 13.2 Å². The number of alkyl halides is 3. The predicted molar refractivity (Wildman–Crippen MR) is 117 cm³/mol. The summed E-state index contributed by atoms with van der Waals surface area (Å²) >= 11 is 1.18. The Hall–Kier alpha value is -3.48. The van der Waals surface area contributed by atoms with E-state index >= 15 is 0 Å². The highest BCUT2D eigenvalue weighted by molar-refractivity contribution is 7.16. The van der Waals surface area contributed by atoms with E-state index in [0.717, 1.165) is 29.9 Å². The van der Waals surface area contributed by atoms with Crippen molar-refractivity contribution in [1.29, 1.82) is 0 Å². The van der Waals surface area contributed by atoms with Crippen LogP contribution in [0.25, 0.3) is 0 Å². The smallest absolute Gasteiger partial charge is 0.418 e. The van der Waals surface area contributed by atoms with Gasteiger partial charge in [-0.1, -0.05) is 0 Å². The second kappa shape index (κ2) is 9.41. The maximum atomic E-state index is 13.3. The van der Waals surface area contributed by atoms with E-state index in [9.17, 15) is 37.7 Å². The number of amides is 2. The van der Waals surface area contributed by atoms with Gasteiger partial charge >= 0.3 is 12.1 Å². The number of esters is 1. The second-order valence-corrected chi connectivity index (χ2v) is 9.00. The lowest BCUT2D eigenvalue weighted by Crippen LogP contribution is -2.31. The number of carbonyl (C=O) groups excluding carboxylic acids is 3. The number of nitro benzene ring substituents is 1. The molecule has 0 spiro atoms. The van der Waals surface area contributed by atoms with Gasteiger partial charge in [-0.05, 0) is 45.2 Å². The molecule has 3 rings (SSSR count). The molecule has 1 atom stereocenters. The van der Waals surface area contributed by atoms with Crippen molar-refractivity contribution in [1.82, 2.24) is 0 Å². The van der Waals surface area contributed by atoms with Gasteiger partial charge in [-0.15, -0.1) is 11.3 Å². The SMILES string of the molecule is Cc1sc(NC(=O)C2CC2)c(C(=O)OC(C)C(=O)Nc2ccc([N+](=O)[O-])cc2C(F)(F)F)c1C. The van der Waals surface area contributed by atoms with Crippen LogP contribution in [-0.4, -0.2) is 28.8 Å². The van der Waals surface area contributed by atoms with Gasteiger partial charge in [0.15, 0.2) is 6.10 Å². The number of nitro groups is 1. The normalized spacial score (nSPS) is 14.3. The molecule has 1 aliphatic carbocycles. The summed E-state index contributed by atoms with van der Waals surface area (Å²) in [6.45, 7) is 4.56. The Labute approximate surface area is 195 Å². The van der Waals surface area contributed by atoms with Gasteiger partial charge in [0.05, 0.1) is 21.7 Å². The molecule has 1 fully saturated rings. The molecule has 2 N–H and O–H groups in total. The highest BCUT2D eigenvalue weighted by Crippen LogP contribution is 2.38. The van der Waals surface area contributed by atoms with Crippen molar-refractivity contribution >= 4 is 45.5 Å². The Morgan fingerprint density at radius 1 is 1.21 bits per heavy atom. The fraction of sp³-hybridized carbons (Fsp3) is 0.381. The summed E-state index contributed by atoms with van der Waals surface area (Å²) in [5, 5.41) is 15.8. The van der Waals surface area contributed by atoms with Gasteiger partial charge in [0.1, 0.15) is 5.00 Å². The van der Waals surface area contributed by atoms with Gasteiger partial charge in [-0.3, -0.25) is 19.7 Å². The van der Waals surface area contributed by atoms with Crippen LogP contribution in [0.5, 0.6) is 0 Å². The number of aryl methyl sites for hydroxylation is 1.